The number of rotatable bonds is 3. The Balaban J connectivity index is 0.00000242. The smallest absolute Gasteiger partial charge is 0.242 e. The van der Waals surface area contributed by atoms with Crippen molar-refractivity contribution >= 4 is 42.3 Å². The summed E-state index contributed by atoms with van der Waals surface area (Å²) in [7, 11) is 0. The Bertz CT molecular complexity index is 488. The fourth-order valence-corrected chi connectivity index (χ4v) is 2.71. The molecular weight excluding hydrogens is 357 g/mol. The van der Waals surface area contributed by atoms with Crippen molar-refractivity contribution < 1.29 is 4.79 Å². The van der Waals surface area contributed by atoms with Gasteiger partial charge in [-0.1, -0.05) is 23.7 Å². The van der Waals surface area contributed by atoms with Crippen LogP contribution in [0.4, 0.5) is 0 Å². The van der Waals surface area contributed by atoms with Crippen LogP contribution in [0.5, 0.6) is 0 Å². The molecule has 1 aliphatic heterocycles. The molecule has 4 nitrogen and oxygen atoms in total. The highest BCUT2D eigenvalue weighted by molar-refractivity contribution is 6.30. The molecule has 2 rings (SSSR count). The molecule has 1 aliphatic rings. The van der Waals surface area contributed by atoms with E-state index in [-0.39, 0.29) is 30.7 Å². The molecule has 7 heteroatoms. The SMILES string of the molecule is CC(C)(N)C(=O)N1CCCN(Cc2ccc(Cl)cc2)CC1.Cl.Cl. The maximum absolute atomic E-state index is 12.2. The first kappa shape index (κ1) is 22.5. The van der Waals surface area contributed by atoms with Crippen LogP contribution in [0.1, 0.15) is 25.8 Å². The van der Waals surface area contributed by atoms with E-state index in [1.54, 1.807) is 13.8 Å². The highest BCUT2D eigenvalue weighted by Gasteiger charge is 2.28. The summed E-state index contributed by atoms with van der Waals surface area (Å²) in [6.07, 6.45) is 0.982. The zero-order valence-corrected chi connectivity index (χ0v) is 16.0. The molecule has 1 fully saturated rings. The lowest BCUT2D eigenvalue weighted by molar-refractivity contribution is -0.135. The van der Waals surface area contributed by atoms with Crippen molar-refractivity contribution in [2.45, 2.75) is 32.4 Å². The van der Waals surface area contributed by atoms with Gasteiger partial charge in [0.25, 0.3) is 0 Å². The predicted molar refractivity (Wildman–Crippen MR) is 101 cm³/mol. The van der Waals surface area contributed by atoms with Crippen LogP contribution in [0, 0.1) is 0 Å². The number of hydrogen-bond acceptors (Lipinski definition) is 3. The Morgan fingerprint density at radius 3 is 2.30 bits per heavy atom. The number of nitrogens with two attached hydrogens (primary N) is 1. The van der Waals surface area contributed by atoms with E-state index in [0.717, 1.165) is 44.2 Å². The van der Waals surface area contributed by atoms with E-state index in [4.69, 9.17) is 17.3 Å². The maximum Gasteiger partial charge on any atom is 0.242 e. The summed E-state index contributed by atoms with van der Waals surface area (Å²) in [4.78, 5) is 16.5. The van der Waals surface area contributed by atoms with Crippen molar-refractivity contribution in [3.8, 4) is 0 Å². The van der Waals surface area contributed by atoms with E-state index in [0.29, 0.717) is 0 Å². The lowest BCUT2D eigenvalue weighted by Gasteiger charge is -2.28. The zero-order chi connectivity index (χ0) is 15.5. The number of amides is 1. The third-order valence-corrected chi connectivity index (χ3v) is 4.00. The quantitative estimate of drug-likeness (QED) is 0.874. The van der Waals surface area contributed by atoms with Gasteiger partial charge in [-0.3, -0.25) is 9.69 Å². The third-order valence-electron chi connectivity index (χ3n) is 3.75. The van der Waals surface area contributed by atoms with Gasteiger partial charge in [0, 0.05) is 37.7 Å². The average molecular weight is 383 g/mol. The molecule has 0 saturated carbocycles. The second kappa shape index (κ2) is 9.70. The molecule has 1 amide bonds. The third kappa shape index (κ3) is 6.86. The minimum absolute atomic E-state index is 0. The Kier molecular flexibility index (Phi) is 9.48. The minimum atomic E-state index is -0.786. The topological polar surface area (TPSA) is 49.6 Å². The first-order chi connectivity index (χ1) is 9.86. The molecule has 23 heavy (non-hydrogen) atoms. The number of nitrogens with zero attached hydrogens (tertiary/aromatic N) is 2. The van der Waals surface area contributed by atoms with Crippen LogP contribution in [0.15, 0.2) is 24.3 Å². The maximum atomic E-state index is 12.2. The lowest BCUT2D eigenvalue weighted by atomic mass is 10.1. The molecule has 0 atom stereocenters. The molecule has 2 N–H and O–H groups in total. The van der Waals surface area contributed by atoms with Gasteiger partial charge in [0.2, 0.25) is 5.91 Å². The van der Waals surface area contributed by atoms with E-state index in [9.17, 15) is 4.79 Å². The lowest BCUT2D eigenvalue weighted by Crippen LogP contribution is -2.52. The monoisotopic (exact) mass is 381 g/mol. The fraction of sp³-hybridized carbons (Fsp3) is 0.562. The summed E-state index contributed by atoms with van der Waals surface area (Å²) >= 11 is 5.91. The van der Waals surface area contributed by atoms with Gasteiger partial charge in [-0.05, 0) is 38.0 Å². The molecular formula is C16H26Cl3N3O. The average Bonchev–Trinajstić information content (AvgIpc) is 2.65. The summed E-state index contributed by atoms with van der Waals surface area (Å²) in [5.41, 5.74) is 6.38. The van der Waals surface area contributed by atoms with Gasteiger partial charge in [-0.2, -0.15) is 0 Å². The van der Waals surface area contributed by atoms with Gasteiger partial charge in [0.05, 0.1) is 5.54 Å². The zero-order valence-electron chi connectivity index (χ0n) is 13.6. The number of halogens is 3. The first-order valence-electron chi connectivity index (χ1n) is 7.41. The molecule has 0 spiro atoms. The molecule has 0 bridgehead atoms. The van der Waals surface area contributed by atoms with Gasteiger partial charge in [0.15, 0.2) is 0 Å². The molecule has 0 aliphatic carbocycles. The normalized spacial score (nSPS) is 16.1. The van der Waals surface area contributed by atoms with Crippen LogP contribution in [-0.2, 0) is 11.3 Å². The molecule has 0 unspecified atom stereocenters. The summed E-state index contributed by atoms with van der Waals surface area (Å²) in [6.45, 7) is 7.84. The summed E-state index contributed by atoms with van der Waals surface area (Å²) in [5, 5.41) is 0.761. The number of benzene rings is 1. The fourth-order valence-electron chi connectivity index (χ4n) is 2.59. The van der Waals surface area contributed by atoms with Crippen molar-refractivity contribution in [2.75, 3.05) is 26.2 Å². The molecule has 0 aromatic heterocycles. The van der Waals surface area contributed by atoms with Gasteiger partial charge >= 0.3 is 0 Å². The molecule has 1 aromatic carbocycles. The van der Waals surface area contributed by atoms with Crippen molar-refractivity contribution in [1.29, 1.82) is 0 Å². The van der Waals surface area contributed by atoms with Gasteiger partial charge in [0.1, 0.15) is 0 Å². The molecule has 0 radical (unpaired) electrons. The van der Waals surface area contributed by atoms with Crippen LogP contribution in [-0.4, -0.2) is 47.4 Å². The Morgan fingerprint density at radius 1 is 1.13 bits per heavy atom. The van der Waals surface area contributed by atoms with Crippen molar-refractivity contribution in [1.82, 2.24) is 9.80 Å². The van der Waals surface area contributed by atoms with Crippen molar-refractivity contribution in [2.24, 2.45) is 5.73 Å². The largest absolute Gasteiger partial charge is 0.340 e. The van der Waals surface area contributed by atoms with E-state index >= 15 is 0 Å². The molecule has 132 valence electrons. The second-order valence-corrected chi connectivity index (χ2v) is 6.71. The second-order valence-electron chi connectivity index (χ2n) is 6.27. The van der Waals surface area contributed by atoms with Crippen LogP contribution in [0.25, 0.3) is 0 Å². The summed E-state index contributed by atoms with van der Waals surface area (Å²) < 4.78 is 0. The van der Waals surface area contributed by atoms with E-state index in [2.05, 4.69) is 17.0 Å². The number of carbonyl (C=O) groups excluding carboxylic acids is 1. The van der Waals surface area contributed by atoms with Crippen LogP contribution < -0.4 is 5.73 Å². The number of carbonyl (C=O) groups is 1. The summed E-state index contributed by atoms with van der Waals surface area (Å²) in [5.74, 6) is 0.0378. The van der Waals surface area contributed by atoms with Crippen LogP contribution in [0.2, 0.25) is 5.02 Å². The van der Waals surface area contributed by atoms with Crippen molar-refractivity contribution in [3.63, 3.8) is 0 Å². The highest BCUT2D eigenvalue weighted by Crippen LogP contribution is 2.14. The standard InChI is InChI=1S/C16H24ClN3O.2ClH/c1-16(2,18)15(21)20-9-3-8-19(10-11-20)12-13-4-6-14(17)7-5-13;;/h4-7H,3,8-12,18H2,1-2H3;2*1H. The van der Waals surface area contributed by atoms with Gasteiger partial charge in [-0.15, -0.1) is 24.8 Å². The molecule has 1 heterocycles. The van der Waals surface area contributed by atoms with E-state index < -0.39 is 5.54 Å². The highest BCUT2D eigenvalue weighted by atomic mass is 35.5. The Labute approximate surface area is 156 Å². The molecule has 1 saturated heterocycles. The van der Waals surface area contributed by atoms with Crippen LogP contribution in [0.3, 0.4) is 0 Å². The first-order valence-corrected chi connectivity index (χ1v) is 7.79. The number of hydrogen-bond donors (Lipinski definition) is 1. The Hall–Kier alpha value is -0.520. The van der Waals surface area contributed by atoms with E-state index in [1.807, 2.05) is 17.0 Å². The van der Waals surface area contributed by atoms with Crippen LogP contribution >= 0.6 is 36.4 Å². The summed E-state index contributed by atoms with van der Waals surface area (Å²) in [6, 6.07) is 7.95. The minimum Gasteiger partial charge on any atom is -0.340 e. The Morgan fingerprint density at radius 2 is 1.74 bits per heavy atom. The van der Waals surface area contributed by atoms with Gasteiger partial charge in [-0.25, -0.2) is 0 Å². The van der Waals surface area contributed by atoms with Crippen molar-refractivity contribution in [3.05, 3.63) is 34.9 Å². The van der Waals surface area contributed by atoms with E-state index in [1.165, 1.54) is 5.56 Å². The predicted octanol–water partition coefficient (Wildman–Crippen LogP) is 2.96. The molecule has 1 aromatic rings. The van der Waals surface area contributed by atoms with Gasteiger partial charge < -0.3 is 10.6 Å².